The Morgan fingerprint density at radius 1 is 1.34 bits per heavy atom. The van der Waals surface area contributed by atoms with Crippen molar-refractivity contribution >= 4 is 47.3 Å². The summed E-state index contributed by atoms with van der Waals surface area (Å²) in [5.74, 6) is -7.47. The minimum Gasteiger partial charge on any atom is -0.481 e. The molecule has 2 rings (SSSR count). The summed E-state index contributed by atoms with van der Waals surface area (Å²) < 4.78 is 27.9. The third kappa shape index (κ3) is 6.36. The SMILES string of the molecule is CNc1ccc(C(=O)NCC(=O)N2CC(F)(F)C[C@H]2C(=O)NC(C=O)CC(=O)O)cc1Cl. The van der Waals surface area contributed by atoms with E-state index in [9.17, 15) is 32.8 Å². The molecule has 1 unspecified atom stereocenters. The van der Waals surface area contributed by atoms with Crippen molar-refractivity contribution in [3.8, 4) is 0 Å². The number of aliphatic carboxylic acids is 1. The van der Waals surface area contributed by atoms with Crippen molar-refractivity contribution in [2.75, 3.05) is 25.5 Å². The number of anilines is 1. The molecule has 13 heteroatoms. The number of aldehydes is 1. The molecule has 10 nitrogen and oxygen atoms in total. The van der Waals surface area contributed by atoms with Gasteiger partial charge < -0.3 is 30.8 Å². The lowest BCUT2D eigenvalue weighted by atomic mass is 10.1. The Labute approximate surface area is 186 Å². The minimum absolute atomic E-state index is 0.130. The summed E-state index contributed by atoms with van der Waals surface area (Å²) in [5.41, 5.74) is 0.703. The summed E-state index contributed by atoms with van der Waals surface area (Å²) in [4.78, 5) is 59.4. The van der Waals surface area contributed by atoms with Crippen LogP contribution in [0, 0.1) is 0 Å². The van der Waals surface area contributed by atoms with Crippen molar-refractivity contribution < 1.29 is 37.9 Å². The van der Waals surface area contributed by atoms with E-state index < -0.39 is 67.6 Å². The fourth-order valence-electron chi connectivity index (χ4n) is 3.13. The molecule has 0 aliphatic carbocycles. The van der Waals surface area contributed by atoms with Crippen LogP contribution >= 0.6 is 11.6 Å². The molecule has 0 radical (unpaired) electrons. The molecule has 1 fully saturated rings. The van der Waals surface area contributed by atoms with Gasteiger partial charge in [0, 0.05) is 19.0 Å². The van der Waals surface area contributed by atoms with Gasteiger partial charge in [0.1, 0.15) is 12.3 Å². The molecular formula is C19H21ClF2N4O6. The van der Waals surface area contributed by atoms with Gasteiger partial charge in [0.2, 0.25) is 11.8 Å². The number of likely N-dealkylation sites (tertiary alicyclic amines) is 1. The number of alkyl halides is 2. The first-order chi connectivity index (χ1) is 15.0. The molecule has 1 aliphatic heterocycles. The lowest BCUT2D eigenvalue weighted by Crippen LogP contribution is -2.51. The van der Waals surface area contributed by atoms with Gasteiger partial charge in [-0.1, -0.05) is 11.6 Å². The van der Waals surface area contributed by atoms with E-state index in [0.717, 1.165) is 0 Å². The number of hydrogen-bond donors (Lipinski definition) is 4. The largest absolute Gasteiger partial charge is 0.481 e. The van der Waals surface area contributed by atoms with Crippen LogP contribution in [-0.4, -0.2) is 78.1 Å². The van der Waals surface area contributed by atoms with E-state index in [1.807, 2.05) is 5.32 Å². The number of halogens is 3. The zero-order valence-electron chi connectivity index (χ0n) is 16.9. The molecular weight excluding hydrogens is 454 g/mol. The number of nitrogens with one attached hydrogen (secondary N) is 3. The molecule has 0 saturated carbocycles. The molecule has 2 atom stereocenters. The Hall–Kier alpha value is -3.28. The lowest BCUT2D eigenvalue weighted by Gasteiger charge is -2.24. The Morgan fingerprint density at radius 3 is 2.59 bits per heavy atom. The van der Waals surface area contributed by atoms with Gasteiger partial charge in [0.25, 0.3) is 11.8 Å². The third-order valence-electron chi connectivity index (χ3n) is 4.68. The lowest BCUT2D eigenvalue weighted by molar-refractivity contribution is -0.141. The normalized spacial score (nSPS) is 17.9. The molecule has 0 bridgehead atoms. The van der Waals surface area contributed by atoms with Crippen molar-refractivity contribution in [2.45, 2.75) is 30.8 Å². The highest BCUT2D eigenvalue weighted by molar-refractivity contribution is 6.33. The molecule has 174 valence electrons. The predicted molar refractivity (Wildman–Crippen MR) is 109 cm³/mol. The maximum absolute atomic E-state index is 13.9. The van der Waals surface area contributed by atoms with Crippen LogP contribution in [0.4, 0.5) is 14.5 Å². The van der Waals surface area contributed by atoms with Gasteiger partial charge in [-0.25, -0.2) is 8.78 Å². The Balaban J connectivity index is 2.05. The molecule has 4 N–H and O–H groups in total. The minimum atomic E-state index is -3.37. The molecule has 0 aromatic heterocycles. The van der Waals surface area contributed by atoms with Gasteiger partial charge >= 0.3 is 5.97 Å². The summed E-state index contributed by atoms with van der Waals surface area (Å²) in [6.07, 6.45) is -1.58. The Bertz CT molecular complexity index is 929. The van der Waals surface area contributed by atoms with Crippen molar-refractivity contribution in [3.63, 3.8) is 0 Å². The van der Waals surface area contributed by atoms with Crippen LogP contribution in [0.3, 0.4) is 0 Å². The van der Waals surface area contributed by atoms with Gasteiger partial charge in [-0.3, -0.25) is 19.2 Å². The first-order valence-electron chi connectivity index (χ1n) is 9.37. The fourth-order valence-corrected chi connectivity index (χ4v) is 3.41. The third-order valence-corrected chi connectivity index (χ3v) is 4.99. The smallest absolute Gasteiger partial charge is 0.305 e. The van der Waals surface area contributed by atoms with Crippen molar-refractivity contribution in [1.29, 1.82) is 0 Å². The number of hydrogen-bond acceptors (Lipinski definition) is 6. The maximum Gasteiger partial charge on any atom is 0.305 e. The molecule has 1 aromatic rings. The maximum atomic E-state index is 13.9. The zero-order chi connectivity index (χ0) is 24.1. The molecule has 3 amide bonds. The number of benzene rings is 1. The number of amides is 3. The number of carbonyl (C=O) groups is 5. The first-order valence-corrected chi connectivity index (χ1v) is 9.75. The van der Waals surface area contributed by atoms with Crippen molar-refractivity contribution in [1.82, 2.24) is 15.5 Å². The number of carbonyl (C=O) groups excluding carboxylic acids is 4. The van der Waals surface area contributed by atoms with E-state index in [2.05, 4.69) is 10.6 Å². The number of rotatable bonds is 9. The van der Waals surface area contributed by atoms with Crippen LogP contribution in [0.2, 0.25) is 5.02 Å². The molecule has 32 heavy (non-hydrogen) atoms. The van der Waals surface area contributed by atoms with Crippen molar-refractivity contribution in [3.05, 3.63) is 28.8 Å². The van der Waals surface area contributed by atoms with E-state index in [-0.39, 0.29) is 16.9 Å². The predicted octanol–water partition coefficient (Wildman–Crippen LogP) is 0.506. The van der Waals surface area contributed by atoms with Gasteiger partial charge in [0.05, 0.1) is 36.3 Å². The van der Waals surface area contributed by atoms with Crippen LogP contribution in [-0.2, 0) is 19.2 Å². The van der Waals surface area contributed by atoms with E-state index in [0.29, 0.717) is 10.6 Å². The quantitative estimate of drug-likeness (QED) is 0.381. The Kier molecular flexibility index (Phi) is 8.08. The highest BCUT2D eigenvalue weighted by Crippen LogP contribution is 2.32. The van der Waals surface area contributed by atoms with Crippen LogP contribution < -0.4 is 16.0 Å². The Morgan fingerprint density at radius 2 is 2.03 bits per heavy atom. The standard InChI is InChI=1S/C19H21ClF2N4O6/c1-23-13-3-2-10(4-12(13)20)17(31)24-7-15(28)26-9-19(21,22)6-14(26)18(32)25-11(8-27)5-16(29)30/h2-4,8,11,14,23H,5-7,9H2,1H3,(H,24,31)(H,25,32)(H,29,30)/t11?,14-/m0/s1. The molecule has 1 aromatic carbocycles. The van der Waals surface area contributed by atoms with Crippen LogP contribution in [0.15, 0.2) is 18.2 Å². The van der Waals surface area contributed by atoms with Crippen molar-refractivity contribution in [2.24, 2.45) is 0 Å². The van der Waals surface area contributed by atoms with E-state index in [1.54, 1.807) is 13.1 Å². The monoisotopic (exact) mass is 474 g/mol. The van der Waals surface area contributed by atoms with Crippen LogP contribution in [0.1, 0.15) is 23.2 Å². The van der Waals surface area contributed by atoms with E-state index in [4.69, 9.17) is 16.7 Å². The van der Waals surface area contributed by atoms with Gasteiger partial charge in [0.15, 0.2) is 0 Å². The van der Waals surface area contributed by atoms with Gasteiger partial charge in [-0.15, -0.1) is 0 Å². The van der Waals surface area contributed by atoms with Crippen LogP contribution in [0.25, 0.3) is 0 Å². The summed E-state index contributed by atoms with van der Waals surface area (Å²) in [7, 11) is 1.64. The first kappa shape index (κ1) is 25.0. The average molecular weight is 475 g/mol. The van der Waals surface area contributed by atoms with Gasteiger partial charge in [-0.2, -0.15) is 0 Å². The van der Waals surface area contributed by atoms with E-state index >= 15 is 0 Å². The highest BCUT2D eigenvalue weighted by Gasteiger charge is 2.50. The fraction of sp³-hybridized carbons (Fsp3) is 0.421. The van der Waals surface area contributed by atoms with E-state index in [1.165, 1.54) is 12.1 Å². The second kappa shape index (κ2) is 10.4. The second-order valence-corrected chi connectivity index (χ2v) is 7.48. The summed E-state index contributed by atoms with van der Waals surface area (Å²) in [6, 6.07) is 1.28. The highest BCUT2D eigenvalue weighted by atomic mass is 35.5. The summed E-state index contributed by atoms with van der Waals surface area (Å²) in [5, 5.41) is 16.1. The zero-order valence-corrected chi connectivity index (χ0v) is 17.6. The molecule has 1 saturated heterocycles. The average Bonchev–Trinajstić information content (AvgIpc) is 3.06. The molecule has 1 heterocycles. The number of nitrogens with zero attached hydrogens (tertiary/aromatic N) is 1. The summed E-state index contributed by atoms with van der Waals surface area (Å²) >= 11 is 6.00. The van der Waals surface area contributed by atoms with Gasteiger partial charge in [-0.05, 0) is 18.2 Å². The molecule has 0 spiro atoms. The number of carboxylic acid groups (broad SMARTS) is 1. The summed E-state index contributed by atoms with van der Waals surface area (Å²) in [6.45, 7) is -1.73. The number of carboxylic acids is 1. The topological polar surface area (TPSA) is 145 Å². The molecule has 1 aliphatic rings. The second-order valence-electron chi connectivity index (χ2n) is 7.07. The van der Waals surface area contributed by atoms with Crippen LogP contribution in [0.5, 0.6) is 0 Å².